The molecule has 0 spiro atoms. The Labute approximate surface area is 367 Å². The quantitative estimate of drug-likeness (QED) is 0.166. The van der Waals surface area contributed by atoms with Gasteiger partial charge in [0.1, 0.15) is 22.3 Å². The number of aryl methyl sites for hydroxylation is 2. The van der Waals surface area contributed by atoms with Crippen LogP contribution in [0.15, 0.2) is 211 Å². The maximum Gasteiger partial charge on any atom is 0.217 e. The molecule has 14 aromatic rings. The van der Waals surface area contributed by atoms with Gasteiger partial charge in [-0.05, 0) is 64.6 Å². The maximum absolute atomic E-state index is 7.42. The number of hydrogen-bond acceptors (Lipinski definition) is 4. The summed E-state index contributed by atoms with van der Waals surface area (Å²) in [6, 6.07) is 69.5. The first-order chi connectivity index (χ1) is 31.8. The summed E-state index contributed by atoms with van der Waals surface area (Å²) in [6.07, 6.45) is 1.15. The highest BCUT2D eigenvalue weighted by atomic mass is 31.1. The van der Waals surface area contributed by atoms with Gasteiger partial charge in [-0.15, -0.1) is 0 Å². The van der Waals surface area contributed by atoms with Gasteiger partial charge in [-0.1, -0.05) is 194 Å². The third kappa shape index (κ3) is 5.19. The minimum atomic E-state index is -1.57. The van der Waals surface area contributed by atoms with Crippen molar-refractivity contribution in [2.45, 2.75) is 12.3 Å². The Kier molecular flexibility index (Phi) is 7.89. The normalized spacial score (nSPS) is 12.2. The van der Waals surface area contributed by atoms with Crippen molar-refractivity contribution in [3.8, 4) is 0 Å². The molecule has 0 saturated carbocycles. The van der Waals surface area contributed by atoms with Gasteiger partial charge in [-0.25, -0.2) is 0 Å². The van der Waals surface area contributed by atoms with Gasteiger partial charge in [0, 0.05) is 43.1 Å². The minimum Gasteiger partial charge on any atom is -0.418 e. The first-order valence-electron chi connectivity index (χ1n) is 21.8. The zero-order chi connectivity index (χ0) is 41.9. The molecule has 0 atom stereocenters. The molecule has 64 heavy (non-hydrogen) atoms. The molecule has 12 aromatic carbocycles. The van der Waals surface area contributed by atoms with Gasteiger partial charge < -0.3 is 16.8 Å². The predicted octanol–water partition coefficient (Wildman–Crippen LogP) is 18.8. The Hall–Kier alpha value is -7.48. The van der Waals surface area contributed by atoms with E-state index in [1.54, 1.807) is 0 Å². The summed E-state index contributed by atoms with van der Waals surface area (Å²) >= 11 is 0. The first kappa shape index (κ1) is 36.0. The standard InChI is InChI=1S/C58H36O4P2/c1-9-25-43-35(17-1)39-21-5-13-29-47(39)55-51(43)52-44-26-10-2-18-36(44)40-22-6-14-30-48(40)56(52)60-63(59-55)33-34-64-61-57-49-31-15-7-23-41(49)37-19-3-11-27-45(37)53(57)54-46-28-12-4-20-38(46)42-24-8-16-32-50(42)58(54)62-64/h1-32H,33-34H2. The molecule has 0 aliphatic carbocycles. The molecule has 2 aromatic heterocycles. The molecule has 302 valence electrons. The Bertz CT molecular complexity index is 3840. The third-order valence-corrected chi connectivity index (χ3v) is 16.4. The molecule has 0 radical (unpaired) electrons. The summed E-state index contributed by atoms with van der Waals surface area (Å²) < 4.78 is 29.7. The topological polar surface area (TPSA) is 52.6 Å². The van der Waals surface area contributed by atoms with Crippen LogP contribution in [0.25, 0.3) is 130 Å². The molecular weight excluding hydrogens is 823 g/mol. The second-order valence-electron chi connectivity index (χ2n) is 16.7. The van der Waals surface area contributed by atoms with Gasteiger partial charge in [0.15, 0.2) is 0 Å². The van der Waals surface area contributed by atoms with Crippen LogP contribution in [-0.4, -0.2) is 0 Å². The molecule has 0 saturated heterocycles. The highest BCUT2D eigenvalue weighted by Gasteiger charge is 2.22. The van der Waals surface area contributed by atoms with Crippen LogP contribution in [0.3, 0.4) is 0 Å². The van der Waals surface area contributed by atoms with Crippen LogP contribution in [0.1, 0.15) is 0 Å². The number of hydrogen-bond donors (Lipinski definition) is 0. The average molecular weight is 859 g/mol. The molecular formula is C58H36O4P2. The summed E-state index contributed by atoms with van der Waals surface area (Å²) in [7, 11) is -3.13. The Morgan fingerprint density at radius 2 is 0.359 bits per heavy atom. The van der Waals surface area contributed by atoms with E-state index in [0.717, 1.165) is 109 Å². The fraction of sp³-hybridized carbons (Fsp3) is 0.0345. The van der Waals surface area contributed by atoms with Crippen LogP contribution < -0.4 is 0 Å². The molecule has 0 N–H and O–H groups in total. The Balaban J connectivity index is 1.12. The maximum atomic E-state index is 7.42. The smallest absolute Gasteiger partial charge is 0.217 e. The zero-order valence-corrected chi connectivity index (χ0v) is 36.2. The van der Waals surface area contributed by atoms with Crippen molar-refractivity contribution < 1.29 is 16.8 Å². The largest absolute Gasteiger partial charge is 0.418 e. The average Bonchev–Trinajstić information content (AvgIpc) is 3.66. The minimum absolute atomic E-state index is 0.573. The SMILES string of the molecule is c1ccc2c(c1)c1ccccc1c1c2op(CCp2oc3c4ccccc4c4ccccc4c3c3c4ccccc4c4ccccc4c3o2)oc2c3ccccc3c3ccccc3c21. The molecule has 2 heterocycles. The third-order valence-electron chi connectivity index (χ3n) is 13.3. The van der Waals surface area contributed by atoms with Crippen LogP contribution in [0.4, 0.5) is 0 Å². The van der Waals surface area contributed by atoms with Gasteiger partial charge in [0.05, 0.1) is 12.3 Å². The second kappa shape index (κ2) is 14.0. The molecule has 0 amide bonds. The van der Waals surface area contributed by atoms with E-state index >= 15 is 0 Å². The molecule has 0 aliphatic heterocycles. The Morgan fingerprint density at radius 3 is 0.562 bits per heavy atom. The van der Waals surface area contributed by atoms with E-state index < -0.39 is 16.0 Å². The lowest BCUT2D eigenvalue weighted by atomic mass is 9.92. The molecule has 0 fully saturated rings. The van der Waals surface area contributed by atoms with Crippen LogP contribution in [0.5, 0.6) is 0 Å². The number of benzene rings is 12. The molecule has 0 aliphatic rings. The highest BCUT2D eigenvalue weighted by Crippen LogP contribution is 2.51. The molecule has 6 heteroatoms. The molecule has 14 rings (SSSR count). The van der Waals surface area contributed by atoms with Gasteiger partial charge in [0.2, 0.25) is 16.0 Å². The predicted molar refractivity (Wildman–Crippen MR) is 273 cm³/mol. The van der Waals surface area contributed by atoms with E-state index in [0.29, 0.717) is 12.3 Å². The Morgan fingerprint density at radius 1 is 0.203 bits per heavy atom. The summed E-state index contributed by atoms with van der Waals surface area (Å²) in [6.45, 7) is 0. The lowest BCUT2D eigenvalue weighted by molar-refractivity contribution is 0.623. The van der Waals surface area contributed by atoms with Crippen molar-refractivity contribution in [2.24, 2.45) is 0 Å². The van der Waals surface area contributed by atoms with E-state index in [4.69, 9.17) is 16.8 Å². The monoisotopic (exact) mass is 858 g/mol. The molecule has 4 nitrogen and oxygen atoms in total. The van der Waals surface area contributed by atoms with E-state index in [1.807, 2.05) is 0 Å². The number of rotatable bonds is 3. The van der Waals surface area contributed by atoms with E-state index in [9.17, 15) is 0 Å². The van der Waals surface area contributed by atoms with Crippen LogP contribution in [0.2, 0.25) is 0 Å². The molecule has 0 unspecified atom stereocenters. The summed E-state index contributed by atoms with van der Waals surface area (Å²) in [5.74, 6) is 0. The van der Waals surface area contributed by atoms with Gasteiger partial charge in [0.25, 0.3) is 0 Å². The zero-order valence-electron chi connectivity index (χ0n) is 34.4. The van der Waals surface area contributed by atoms with Crippen molar-refractivity contribution in [3.63, 3.8) is 0 Å². The fourth-order valence-corrected chi connectivity index (χ4v) is 13.9. The highest BCUT2D eigenvalue weighted by molar-refractivity contribution is 7.40. The second-order valence-corrected chi connectivity index (χ2v) is 19.6. The van der Waals surface area contributed by atoms with Gasteiger partial charge in [-0.3, -0.25) is 0 Å². The first-order valence-corrected chi connectivity index (χ1v) is 24.5. The van der Waals surface area contributed by atoms with Gasteiger partial charge >= 0.3 is 0 Å². The van der Waals surface area contributed by atoms with Crippen molar-refractivity contribution >= 4 is 146 Å². The van der Waals surface area contributed by atoms with E-state index in [2.05, 4.69) is 194 Å². The van der Waals surface area contributed by atoms with Crippen LogP contribution >= 0.6 is 16.0 Å². The summed E-state index contributed by atoms with van der Waals surface area (Å²) in [4.78, 5) is 0. The molecule has 0 bridgehead atoms. The number of fused-ring (bicyclic) bond motifs is 26. The van der Waals surface area contributed by atoms with Crippen molar-refractivity contribution in [3.05, 3.63) is 194 Å². The lowest BCUT2D eigenvalue weighted by Crippen LogP contribution is -1.85. The van der Waals surface area contributed by atoms with Crippen molar-refractivity contribution in [1.82, 2.24) is 0 Å². The van der Waals surface area contributed by atoms with Crippen LogP contribution in [-0.2, 0) is 12.3 Å². The van der Waals surface area contributed by atoms with Crippen molar-refractivity contribution in [1.29, 1.82) is 0 Å². The van der Waals surface area contributed by atoms with E-state index in [-0.39, 0.29) is 0 Å². The van der Waals surface area contributed by atoms with Crippen LogP contribution in [0, 0.1) is 0 Å². The summed E-state index contributed by atoms with van der Waals surface area (Å²) in [5.41, 5.74) is 3.45. The van der Waals surface area contributed by atoms with E-state index in [1.165, 1.54) is 21.5 Å². The van der Waals surface area contributed by atoms with Crippen molar-refractivity contribution in [2.75, 3.05) is 0 Å². The summed E-state index contributed by atoms with van der Waals surface area (Å²) in [5, 5.41) is 22.6. The fourth-order valence-electron chi connectivity index (χ4n) is 10.6. The lowest BCUT2D eigenvalue weighted by Gasteiger charge is -2.11. The van der Waals surface area contributed by atoms with Gasteiger partial charge in [-0.2, -0.15) is 0 Å².